The molecule has 102 valence electrons. The van der Waals surface area contributed by atoms with E-state index in [1.807, 2.05) is 0 Å². The Morgan fingerprint density at radius 3 is 2.67 bits per heavy atom. The number of aromatic nitrogens is 1. The van der Waals surface area contributed by atoms with Gasteiger partial charge >= 0.3 is 0 Å². The molecule has 1 aliphatic rings. The third kappa shape index (κ3) is 3.57. The third-order valence-corrected chi connectivity index (χ3v) is 3.65. The number of ether oxygens (including phenoxy) is 1. The first-order valence-corrected chi connectivity index (χ1v) is 6.88. The van der Waals surface area contributed by atoms with Gasteiger partial charge in [0.1, 0.15) is 0 Å². The molecule has 2 rings (SSSR count). The molecule has 0 aromatic carbocycles. The molecule has 1 saturated heterocycles. The Kier molecular flexibility index (Phi) is 4.80. The first-order valence-electron chi connectivity index (χ1n) is 6.88. The van der Waals surface area contributed by atoms with Crippen LogP contribution < -0.4 is 5.73 Å². The SMILES string of the molecule is CC(C)C(N)c1ccn(CCN2CCOCC2)c1. The minimum Gasteiger partial charge on any atom is -0.379 e. The molecule has 1 unspecified atom stereocenters. The predicted molar refractivity (Wildman–Crippen MR) is 73.5 cm³/mol. The molecule has 0 amide bonds. The first kappa shape index (κ1) is 13.6. The van der Waals surface area contributed by atoms with E-state index in [0.717, 1.165) is 39.4 Å². The van der Waals surface area contributed by atoms with Gasteiger partial charge in [-0.05, 0) is 17.5 Å². The second-order valence-corrected chi connectivity index (χ2v) is 5.41. The summed E-state index contributed by atoms with van der Waals surface area (Å²) in [4.78, 5) is 2.45. The van der Waals surface area contributed by atoms with Gasteiger partial charge in [0.15, 0.2) is 0 Å². The molecule has 1 aromatic heterocycles. The lowest BCUT2D eigenvalue weighted by Crippen LogP contribution is -2.38. The maximum Gasteiger partial charge on any atom is 0.0594 e. The van der Waals surface area contributed by atoms with E-state index in [1.54, 1.807) is 0 Å². The molecule has 2 heterocycles. The summed E-state index contributed by atoms with van der Waals surface area (Å²) in [5.74, 6) is 0.486. The van der Waals surface area contributed by atoms with Gasteiger partial charge in [-0.3, -0.25) is 4.90 Å². The number of hydrogen-bond acceptors (Lipinski definition) is 3. The maximum absolute atomic E-state index is 6.15. The van der Waals surface area contributed by atoms with Crippen molar-refractivity contribution in [3.63, 3.8) is 0 Å². The standard InChI is InChI=1S/C14H25N3O/c1-12(2)14(15)13-3-4-17(11-13)6-5-16-7-9-18-10-8-16/h3-4,11-12,14H,5-10,15H2,1-2H3. The van der Waals surface area contributed by atoms with E-state index < -0.39 is 0 Å². The van der Waals surface area contributed by atoms with E-state index in [1.165, 1.54) is 5.56 Å². The Morgan fingerprint density at radius 1 is 1.28 bits per heavy atom. The van der Waals surface area contributed by atoms with Crippen LogP contribution in [0.15, 0.2) is 18.5 Å². The predicted octanol–water partition coefficient (Wildman–Crippen LogP) is 1.48. The average molecular weight is 251 g/mol. The van der Waals surface area contributed by atoms with Crippen LogP contribution >= 0.6 is 0 Å². The van der Waals surface area contributed by atoms with Gasteiger partial charge in [-0.15, -0.1) is 0 Å². The smallest absolute Gasteiger partial charge is 0.0594 e. The van der Waals surface area contributed by atoms with Crippen molar-refractivity contribution in [3.8, 4) is 0 Å². The maximum atomic E-state index is 6.15. The van der Waals surface area contributed by atoms with E-state index in [9.17, 15) is 0 Å². The lowest BCUT2D eigenvalue weighted by atomic mass is 10.00. The zero-order chi connectivity index (χ0) is 13.0. The molecule has 0 saturated carbocycles. The zero-order valence-electron chi connectivity index (χ0n) is 11.5. The third-order valence-electron chi connectivity index (χ3n) is 3.65. The van der Waals surface area contributed by atoms with Crippen LogP contribution in [-0.4, -0.2) is 42.3 Å². The first-order chi connectivity index (χ1) is 8.66. The molecule has 2 N–H and O–H groups in total. The summed E-state index contributed by atoms with van der Waals surface area (Å²) in [5.41, 5.74) is 7.39. The minimum atomic E-state index is 0.148. The highest BCUT2D eigenvalue weighted by Crippen LogP contribution is 2.18. The fourth-order valence-electron chi connectivity index (χ4n) is 2.26. The highest BCUT2D eigenvalue weighted by Gasteiger charge is 2.13. The summed E-state index contributed by atoms with van der Waals surface area (Å²) in [5, 5.41) is 0. The number of nitrogens with two attached hydrogens (primary N) is 1. The highest BCUT2D eigenvalue weighted by molar-refractivity contribution is 5.15. The van der Waals surface area contributed by atoms with Crippen LogP contribution in [0, 0.1) is 5.92 Å². The molecule has 1 atom stereocenters. The number of morpholine rings is 1. The lowest BCUT2D eigenvalue weighted by molar-refractivity contribution is 0.0364. The summed E-state index contributed by atoms with van der Waals surface area (Å²) in [6.07, 6.45) is 4.32. The molecule has 18 heavy (non-hydrogen) atoms. The molecule has 1 fully saturated rings. The van der Waals surface area contributed by atoms with Crippen molar-refractivity contribution in [2.45, 2.75) is 26.4 Å². The fourth-order valence-corrected chi connectivity index (χ4v) is 2.26. The van der Waals surface area contributed by atoms with Crippen molar-refractivity contribution in [1.29, 1.82) is 0 Å². The summed E-state index contributed by atoms with van der Waals surface area (Å²) < 4.78 is 7.59. The molecule has 0 spiro atoms. The molecule has 0 aliphatic carbocycles. The molecule has 0 bridgehead atoms. The van der Waals surface area contributed by atoms with Crippen molar-refractivity contribution >= 4 is 0 Å². The fraction of sp³-hybridized carbons (Fsp3) is 0.714. The Balaban J connectivity index is 1.82. The largest absolute Gasteiger partial charge is 0.379 e. The highest BCUT2D eigenvalue weighted by atomic mass is 16.5. The van der Waals surface area contributed by atoms with E-state index in [0.29, 0.717) is 5.92 Å². The van der Waals surface area contributed by atoms with Crippen LogP contribution in [0.4, 0.5) is 0 Å². The summed E-state index contributed by atoms with van der Waals surface area (Å²) in [6, 6.07) is 2.29. The van der Waals surface area contributed by atoms with E-state index in [-0.39, 0.29) is 6.04 Å². The Bertz CT molecular complexity index is 356. The van der Waals surface area contributed by atoms with Crippen LogP contribution in [0.1, 0.15) is 25.5 Å². The quantitative estimate of drug-likeness (QED) is 0.862. The van der Waals surface area contributed by atoms with Crippen molar-refractivity contribution < 1.29 is 4.74 Å². The topological polar surface area (TPSA) is 43.4 Å². The van der Waals surface area contributed by atoms with Crippen molar-refractivity contribution in [3.05, 3.63) is 24.0 Å². The number of hydrogen-bond donors (Lipinski definition) is 1. The van der Waals surface area contributed by atoms with Crippen LogP contribution in [0.5, 0.6) is 0 Å². The Morgan fingerprint density at radius 2 is 2.00 bits per heavy atom. The van der Waals surface area contributed by atoms with Crippen LogP contribution in [0.3, 0.4) is 0 Å². The average Bonchev–Trinajstić information content (AvgIpc) is 2.85. The van der Waals surface area contributed by atoms with Gasteiger partial charge in [0.05, 0.1) is 13.2 Å². The second-order valence-electron chi connectivity index (χ2n) is 5.41. The van der Waals surface area contributed by atoms with Crippen molar-refractivity contribution in [1.82, 2.24) is 9.47 Å². The monoisotopic (exact) mass is 251 g/mol. The molecule has 4 nitrogen and oxygen atoms in total. The van der Waals surface area contributed by atoms with E-state index in [4.69, 9.17) is 10.5 Å². The van der Waals surface area contributed by atoms with Gasteiger partial charge in [0.25, 0.3) is 0 Å². The summed E-state index contributed by atoms with van der Waals surface area (Å²) in [6.45, 7) is 10.3. The van der Waals surface area contributed by atoms with Crippen LogP contribution in [0.2, 0.25) is 0 Å². The molecule has 4 heteroatoms. The van der Waals surface area contributed by atoms with Gasteiger partial charge in [0, 0.05) is 44.6 Å². The zero-order valence-corrected chi connectivity index (χ0v) is 11.5. The lowest BCUT2D eigenvalue weighted by Gasteiger charge is -2.26. The molecule has 1 aromatic rings. The number of rotatable bonds is 5. The van der Waals surface area contributed by atoms with Gasteiger partial charge in [-0.2, -0.15) is 0 Å². The number of nitrogens with zero attached hydrogens (tertiary/aromatic N) is 2. The molecular weight excluding hydrogens is 226 g/mol. The minimum absolute atomic E-state index is 0.148. The van der Waals surface area contributed by atoms with Crippen molar-refractivity contribution in [2.75, 3.05) is 32.8 Å². The van der Waals surface area contributed by atoms with Crippen molar-refractivity contribution in [2.24, 2.45) is 11.7 Å². The van der Waals surface area contributed by atoms with Crippen LogP contribution in [-0.2, 0) is 11.3 Å². The van der Waals surface area contributed by atoms with Gasteiger partial charge < -0.3 is 15.0 Å². The Labute approximate surface area is 110 Å². The molecule has 1 aliphatic heterocycles. The summed E-state index contributed by atoms with van der Waals surface area (Å²) in [7, 11) is 0. The van der Waals surface area contributed by atoms with E-state index >= 15 is 0 Å². The molecule has 0 radical (unpaired) electrons. The summed E-state index contributed by atoms with van der Waals surface area (Å²) >= 11 is 0. The normalized spacial score (nSPS) is 19.3. The van der Waals surface area contributed by atoms with Gasteiger partial charge in [-0.1, -0.05) is 13.8 Å². The second kappa shape index (κ2) is 6.36. The van der Waals surface area contributed by atoms with Gasteiger partial charge in [-0.25, -0.2) is 0 Å². The van der Waals surface area contributed by atoms with Gasteiger partial charge in [0.2, 0.25) is 0 Å². The van der Waals surface area contributed by atoms with E-state index in [2.05, 4.69) is 41.8 Å². The Hall–Kier alpha value is -0.840. The molecular formula is C14H25N3O. The van der Waals surface area contributed by atoms with Crippen LogP contribution in [0.25, 0.3) is 0 Å².